The number of aryl methyl sites for hydroxylation is 1. The molecule has 8 rings (SSSR count). The van der Waals surface area contributed by atoms with Gasteiger partial charge < -0.3 is 19.7 Å². The second-order valence-electron chi connectivity index (χ2n) is 14.8. The lowest BCUT2D eigenvalue weighted by Crippen LogP contribution is -2.45. The number of nitrogens with zero attached hydrogens (tertiary/aromatic N) is 7. The molecule has 5 aromatic rings. The third-order valence-corrected chi connectivity index (χ3v) is 10.9. The molecule has 0 radical (unpaired) electrons. The molecule has 54 heavy (non-hydrogen) atoms. The summed E-state index contributed by atoms with van der Waals surface area (Å²) in [5.41, 5.74) is 3.86. The summed E-state index contributed by atoms with van der Waals surface area (Å²) in [5.74, 6) is -0.00385. The van der Waals surface area contributed by atoms with Crippen LogP contribution in [0.3, 0.4) is 0 Å². The van der Waals surface area contributed by atoms with Gasteiger partial charge in [0.2, 0.25) is 11.9 Å². The number of imidazole rings is 1. The fourth-order valence-corrected chi connectivity index (χ4v) is 8.11. The Morgan fingerprint density at radius 1 is 0.889 bits per heavy atom. The molecule has 2 saturated heterocycles. The Balaban J connectivity index is 0.837. The maximum absolute atomic E-state index is 15.1. The smallest absolute Gasteiger partial charge is 0.259 e. The van der Waals surface area contributed by atoms with Gasteiger partial charge in [-0.1, -0.05) is 6.07 Å². The Labute approximate surface area is 311 Å². The van der Waals surface area contributed by atoms with Crippen molar-refractivity contribution in [1.82, 2.24) is 34.7 Å². The number of hydrogen-bond acceptors (Lipinski definition) is 9. The highest BCUT2D eigenvalue weighted by Crippen LogP contribution is 2.32. The Morgan fingerprint density at radius 2 is 1.65 bits per heavy atom. The van der Waals surface area contributed by atoms with Crippen LogP contribution in [0.25, 0.3) is 22.3 Å². The number of fused-ring (bicyclic) bond motifs is 2. The van der Waals surface area contributed by atoms with Gasteiger partial charge in [-0.25, -0.2) is 28.7 Å². The highest BCUT2D eigenvalue weighted by molar-refractivity contribution is 6.21. The van der Waals surface area contributed by atoms with Crippen LogP contribution in [0.1, 0.15) is 77.7 Å². The summed E-state index contributed by atoms with van der Waals surface area (Å²) in [6.45, 7) is 8.67. The Morgan fingerprint density at radius 3 is 2.37 bits per heavy atom. The number of pyridine rings is 1. The van der Waals surface area contributed by atoms with Crippen molar-refractivity contribution in [3.8, 4) is 11.3 Å². The molecule has 278 valence electrons. The second kappa shape index (κ2) is 14.2. The SMILES string of the molecule is Cc1nc2c(F)cc(-c3nc(Nc4ccc(CC5CCN(C(=O)C6CCN(c7ccc8c(c7)C(=O)NC8=O)CC6)CC5)cn4)ncc3F)cc2n1C(C)C. The van der Waals surface area contributed by atoms with Crippen LogP contribution in [0.5, 0.6) is 0 Å². The molecule has 0 atom stereocenters. The predicted molar refractivity (Wildman–Crippen MR) is 200 cm³/mol. The first-order valence-corrected chi connectivity index (χ1v) is 18.5. The Hall–Kier alpha value is -5.79. The van der Waals surface area contributed by atoms with Crippen molar-refractivity contribution in [2.45, 2.75) is 58.9 Å². The van der Waals surface area contributed by atoms with Gasteiger partial charge in [0.15, 0.2) is 11.6 Å². The molecule has 0 saturated carbocycles. The number of likely N-dealkylation sites (tertiary alicyclic amines) is 1. The molecule has 0 aliphatic carbocycles. The van der Waals surface area contributed by atoms with Crippen LogP contribution in [-0.2, 0) is 11.2 Å². The van der Waals surface area contributed by atoms with E-state index >= 15 is 4.39 Å². The molecule has 3 aromatic heterocycles. The summed E-state index contributed by atoms with van der Waals surface area (Å²) in [5, 5.41) is 5.38. The fraction of sp³-hybridized carbons (Fsp3) is 0.375. The Kier molecular flexibility index (Phi) is 9.28. The number of imide groups is 1. The summed E-state index contributed by atoms with van der Waals surface area (Å²) in [4.78, 5) is 59.0. The van der Waals surface area contributed by atoms with Gasteiger partial charge in [0.05, 0.1) is 22.8 Å². The Bertz CT molecular complexity index is 2270. The average Bonchev–Trinajstić information content (AvgIpc) is 3.67. The summed E-state index contributed by atoms with van der Waals surface area (Å²) < 4.78 is 32.0. The quantitative estimate of drug-likeness (QED) is 0.174. The standard InChI is InChI=1S/C40H41F2N9O3/c1-22(2)51-23(3)45-36-31(41)17-27(18-33(36)51)35-32(42)21-44-40(47-35)46-34-7-4-25(20-43-34)16-24-8-12-50(13-9-24)39(54)26-10-14-49(15-11-26)28-5-6-29-30(19-28)38(53)48-37(29)52/h4-7,17-22,24,26H,8-16H2,1-3H3,(H,48,52,53)(H,43,44,46,47). The van der Waals surface area contributed by atoms with Crippen molar-refractivity contribution in [2.24, 2.45) is 11.8 Å². The summed E-state index contributed by atoms with van der Waals surface area (Å²) >= 11 is 0. The lowest BCUT2D eigenvalue weighted by molar-refractivity contribution is -0.137. The summed E-state index contributed by atoms with van der Waals surface area (Å²) in [6, 6.07) is 12.2. The van der Waals surface area contributed by atoms with E-state index in [-0.39, 0.29) is 52.4 Å². The third-order valence-electron chi connectivity index (χ3n) is 10.9. The van der Waals surface area contributed by atoms with Crippen molar-refractivity contribution in [3.63, 3.8) is 0 Å². The molecule has 2 aromatic carbocycles. The van der Waals surface area contributed by atoms with Crippen LogP contribution in [0.4, 0.5) is 26.2 Å². The van der Waals surface area contributed by atoms with E-state index in [4.69, 9.17) is 0 Å². The average molecular weight is 734 g/mol. The van der Waals surface area contributed by atoms with E-state index in [0.717, 1.165) is 75.7 Å². The minimum Gasteiger partial charge on any atom is -0.371 e. The third kappa shape index (κ3) is 6.76. The van der Waals surface area contributed by atoms with Gasteiger partial charge in [-0.3, -0.25) is 19.7 Å². The molecule has 14 heteroatoms. The van der Waals surface area contributed by atoms with Crippen LogP contribution in [0.15, 0.2) is 54.9 Å². The first kappa shape index (κ1) is 35.3. The molecule has 3 aliphatic rings. The predicted octanol–water partition coefficient (Wildman–Crippen LogP) is 6.38. The zero-order chi connectivity index (χ0) is 37.7. The van der Waals surface area contributed by atoms with Crippen LogP contribution < -0.4 is 15.5 Å². The number of nitrogens with one attached hydrogen (secondary N) is 2. The minimum atomic E-state index is -0.670. The van der Waals surface area contributed by atoms with Gasteiger partial charge in [-0.2, -0.15) is 0 Å². The topological polar surface area (TPSA) is 138 Å². The molecule has 2 N–H and O–H groups in total. The number of halogens is 2. The lowest BCUT2D eigenvalue weighted by atomic mass is 9.89. The normalized spacial score (nSPS) is 16.7. The van der Waals surface area contributed by atoms with Crippen LogP contribution in [0, 0.1) is 30.4 Å². The molecular formula is C40H41F2N9O3. The van der Waals surface area contributed by atoms with Gasteiger partial charge in [0.25, 0.3) is 11.8 Å². The van der Waals surface area contributed by atoms with Crippen molar-refractivity contribution >= 4 is 46.2 Å². The van der Waals surface area contributed by atoms with Crippen molar-refractivity contribution in [1.29, 1.82) is 0 Å². The number of anilines is 3. The number of rotatable bonds is 8. The van der Waals surface area contributed by atoms with Gasteiger partial charge in [0, 0.05) is 55.6 Å². The molecule has 12 nitrogen and oxygen atoms in total. The van der Waals surface area contributed by atoms with Crippen molar-refractivity contribution < 1.29 is 23.2 Å². The number of piperidine rings is 2. The number of amides is 3. The first-order valence-electron chi connectivity index (χ1n) is 18.5. The van der Waals surface area contributed by atoms with E-state index in [0.29, 0.717) is 34.2 Å². The molecular weight excluding hydrogens is 692 g/mol. The number of hydrogen-bond donors (Lipinski definition) is 2. The van der Waals surface area contributed by atoms with Gasteiger partial charge in [0.1, 0.15) is 22.9 Å². The first-order chi connectivity index (χ1) is 26.0. The highest BCUT2D eigenvalue weighted by Gasteiger charge is 2.32. The number of aromatic nitrogens is 5. The van der Waals surface area contributed by atoms with Crippen molar-refractivity contribution in [2.75, 3.05) is 36.4 Å². The van der Waals surface area contributed by atoms with E-state index in [1.807, 2.05) is 54.6 Å². The molecule has 3 amide bonds. The van der Waals surface area contributed by atoms with E-state index < -0.39 is 11.6 Å². The maximum atomic E-state index is 15.1. The van der Waals surface area contributed by atoms with E-state index in [2.05, 4.69) is 35.5 Å². The maximum Gasteiger partial charge on any atom is 0.259 e. The van der Waals surface area contributed by atoms with Crippen LogP contribution in [0.2, 0.25) is 0 Å². The van der Waals surface area contributed by atoms with Gasteiger partial charge >= 0.3 is 0 Å². The largest absolute Gasteiger partial charge is 0.371 e. The van der Waals surface area contributed by atoms with Crippen LogP contribution >= 0.6 is 0 Å². The summed E-state index contributed by atoms with van der Waals surface area (Å²) in [7, 11) is 0. The second-order valence-corrected chi connectivity index (χ2v) is 14.8. The number of benzene rings is 2. The molecule has 0 bridgehead atoms. The molecule has 0 spiro atoms. The van der Waals surface area contributed by atoms with Crippen molar-refractivity contribution in [3.05, 3.63) is 89.0 Å². The number of carbonyl (C=O) groups is 3. The molecule has 3 aliphatic heterocycles. The van der Waals surface area contributed by atoms with Crippen LogP contribution in [-0.4, -0.2) is 73.3 Å². The molecule has 6 heterocycles. The zero-order valence-corrected chi connectivity index (χ0v) is 30.4. The molecule has 2 fully saturated rings. The van der Waals surface area contributed by atoms with E-state index in [1.54, 1.807) is 18.2 Å². The fourth-order valence-electron chi connectivity index (χ4n) is 8.11. The minimum absolute atomic E-state index is 0.0220. The van der Waals surface area contributed by atoms with E-state index in [1.165, 1.54) is 6.07 Å². The number of carbonyl (C=O) groups excluding carboxylic acids is 3. The highest BCUT2D eigenvalue weighted by atomic mass is 19.1. The lowest BCUT2D eigenvalue weighted by Gasteiger charge is -2.38. The van der Waals surface area contributed by atoms with Gasteiger partial charge in [-0.05, 0) is 101 Å². The zero-order valence-electron chi connectivity index (χ0n) is 30.4. The monoisotopic (exact) mass is 733 g/mol. The van der Waals surface area contributed by atoms with E-state index in [9.17, 15) is 18.8 Å². The summed E-state index contributed by atoms with van der Waals surface area (Å²) in [6.07, 6.45) is 7.03. The molecule has 0 unspecified atom stereocenters. The van der Waals surface area contributed by atoms with Gasteiger partial charge in [-0.15, -0.1) is 0 Å².